The van der Waals surface area contributed by atoms with Gasteiger partial charge < -0.3 is 11.1 Å². The summed E-state index contributed by atoms with van der Waals surface area (Å²) in [6.07, 6.45) is 14.2. The van der Waals surface area contributed by atoms with Crippen molar-refractivity contribution in [3.8, 4) is 0 Å². The summed E-state index contributed by atoms with van der Waals surface area (Å²) in [6.45, 7) is 9.10. The van der Waals surface area contributed by atoms with Crippen LogP contribution in [0.4, 0.5) is 0 Å². The Hall–Kier alpha value is -0.340. The lowest BCUT2D eigenvalue weighted by molar-refractivity contribution is 0.206. The van der Waals surface area contributed by atoms with E-state index in [4.69, 9.17) is 5.73 Å². The maximum Gasteiger partial charge on any atom is 0.0304 e. The Bertz CT molecular complexity index is 353. The maximum absolute atomic E-state index is 6.18. The lowest BCUT2D eigenvalue weighted by Crippen LogP contribution is -2.51. The van der Waals surface area contributed by atoms with Crippen molar-refractivity contribution in [3.63, 3.8) is 0 Å². The number of allylic oxidation sites excluding steroid dienone is 1. The van der Waals surface area contributed by atoms with Gasteiger partial charge in [-0.05, 0) is 69.2 Å². The molecule has 122 valence electrons. The minimum absolute atomic E-state index is 0.208. The average Bonchev–Trinajstić information content (AvgIpc) is 2.83. The zero-order valence-corrected chi connectivity index (χ0v) is 14.5. The highest BCUT2D eigenvalue weighted by molar-refractivity contribution is 5.08. The SMILES string of the molecule is CC(C)(C)C1CCCC(CN)(NCCC2=CCCC2)CC1. The van der Waals surface area contributed by atoms with Crippen molar-refractivity contribution < 1.29 is 0 Å². The fourth-order valence-electron chi connectivity index (χ4n) is 4.18. The zero-order chi connectivity index (χ0) is 15.3. The smallest absolute Gasteiger partial charge is 0.0304 e. The van der Waals surface area contributed by atoms with Crippen LogP contribution in [0.1, 0.15) is 78.6 Å². The molecule has 2 rings (SSSR count). The minimum Gasteiger partial charge on any atom is -0.329 e. The van der Waals surface area contributed by atoms with Gasteiger partial charge in [0.2, 0.25) is 0 Å². The van der Waals surface area contributed by atoms with E-state index < -0.39 is 0 Å². The van der Waals surface area contributed by atoms with Crippen LogP contribution in [0.15, 0.2) is 11.6 Å². The van der Waals surface area contributed by atoms with Crippen molar-refractivity contribution in [2.75, 3.05) is 13.1 Å². The van der Waals surface area contributed by atoms with E-state index in [1.54, 1.807) is 5.57 Å². The molecular weight excluding hydrogens is 256 g/mol. The highest BCUT2D eigenvalue weighted by atomic mass is 15.0. The van der Waals surface area contributed by atoms with Crippen LogP contribution in [0.3, 0.4) is 0 Å². The van der Waals surface area contributed by atoms with E-state index in [-0.39, 0.29) is 5.54 Å². The molecule has 0 aliphatic heterocycles. The largest absolute Gasteiger partial charge is 0.329 e. The number of hydrogen-bond acceptors (Lipinski definition) is 2. The first-order chi connectivity index (χ1) is 9.95. The van der Waals surface area contributed by atoms with Gasteiger partial charge in [0.05, 0.1) is 0 Å². The lowest BCUT2D eigenvalue weighted by atomic mass is 9.76. The molecular formula is C19H36N2. The second-order valence-corrected chi connectivity index (χ2v) is 8.41. The first-order valence-electron chi connectivity index (χ1n) is 9.08. The molecule has 0 heterocycles. The molecule has 2 nitrogen and oxygen atoms in total. The zero-order valence-electron chi connectivity index (χ0n) is 14.5. The van der Waals surface area contributed by atoms with Crippen molar-refractivity contribution in [1.82, 2.24) is 5.32 Å². The second-order valence-electron chi connectivity index (χ2n) is 8.41. The van der Waals surface area contributed by atoms with Crippen LogP contribution in [-0.4, -0.2) is 18.6 Å². The molecule has 21 heavy (non-hydrogen) atoms. The predicted molar refractivity (Wildman–Crippen MR) is 92.4 cm³/mol. The summed E-state index contributed by atoms with van der Waals surface area (Å²) < 4.78 is 0. The van der Waals surface area contributed by atoms with Gasteiger partial charge in [-0.1, -0.05) is 38.8 Å². The minimum atomic E-state index is 0.208. The maximum atomic E-state index is 6.18. The monoisotopic (exact) mass is 292 g/mol. The van der Waals surface area contributed by atoms with E-state index in [0.717, 1.165) is 19.0 Å². The van der Waals surface area contributed by atoms with Crippen LogP contribution in [0.2, 0.25) is 0 Å². The van der Waals surface area contributed by atoms with E-state index >= 15 is 0 Å². The van der Waals surface area contributed by atoms with Crippen LogP contribution < -0.4 is 11.1 Å². The van der Waals surface area contributed by atoms with Gasteiger partial charge in [-0.15, -0.1) is 0 Å². The fraction of sp³-hybridized carbons (Fsp3) is 0.895. The summed E-state index contributed by atoms with van der Waals surface area (Å²) in [5.74, 6) is 0.852. The van der Waals surface area contributed by atoms with Gasteiger partial charge in [0.15, 0.2) is 0 Å². The Morgan fingerprint density at radius 2 is 2.05 bits per heavy atom. The average molecular weight is 293 g/mol. The second kappa shape index (κ2) is 7.28. The molecule has 0 radical (unpaired) electrons. The molecule has 0 aromatic rings. The van der Waals surface area contributed by atoms with Crippen molar-refractivity contribution in [3.05, 3.63) is 11.6 Å². The van der Waals surface area contributed by atoms with E-state index in [1.807, 2.05) is 0 Å². The van der Waals surface area contributed by atoms with Gasteiger partial charge in [0, 0.05) is 12.1 Å². The highest BCUT2D eigenvalue weighted by Crippen LogP contribution is 2.39. The van der Waals surface area contributed by atoms with Gasteiger partial charge in [-0.2, -0.15) is 0 Å². The first kappa shape index (κ1) is 17.0. The number of nitrogens with one attached hydrogen (secondary N) is 1. The predicted octanol–water partition coefficient (Wildman–Crippen LogP) is 4.40. The van der Waals surface area contributed by atoms with Gasteiger partial charge in [0.25, 0.3) is 0 Å². The summed E-state index contributed by atoms with van der Waals surface area (Å²) in [5.41, 5.74) is 8.49. The highest BCUT2D eigenvalue weighted by Gasteiger charge is 2.34. The third-order valence-corrected chi connectivity index (χ3v) is 5.88. The first-order valence-corrected chi connectivity index (χ1v) is 9.08. The van der Waals surface area contributed by atoms with Crippen molar-refractivity contribution in [1.29, 1.82) is 0 Å². The molecule has 2 heteroatoms. The summed E-state index contributed by atoms with van der Waals surface area (Å²) >= 11 is 0. The number of rotatable bonds is 5. The normalized spacial score (nSPS) is 31.0. The molecule has 0 bridgehead atoms. The van der Waals surface area contributed by atoms with Crippen LogP contribution in [0.25, 0.3) is 0 Å². The molecule has 0 aromatic carbocycles. The molecule has 1 fully saturated rings. The molecule has 0 amide bonds. The fourth-order valence-corrected chi connectivity index (χ4v) is 4.18. The third-order valence-electron chi connectivity index (χ3n) is 5.88. The van der Waals surface area contributed by atoms with Gasteiger partial charge >= 0.3 is 0 Å². The van der Waals surface area contributed by atoms with Gasteiger partial charge in [-0.3, -0.25) is 0 Å². The summed E-state index contributed by atoms with van der Waals surface area (Å²) in [4.78, 5) is 0. The van der Waals surface area contributed by atoms with Crippen molar-refractivity contribution in [2.24, 2.45) is 17.1 Å². The summed E-state index contributed by atoms with van der Waals surface area (Å²) in [7, 11) is 0. The Balaban J connectivity index is 1.85. The number of hydrogen-bond donors (Lipinski definition) is 2. The van der Waals surface area contributed by atoms with Gasteiger partial charge in [-0.25, -0.2) is 0 Å². The molecule has 2 unspecified atom stereocenters. The van der Waals surface area contributed by atoms with Crippen LogP contribution in [0.5, 0.6) is 0 Å². The van der Waals surface area contributed by atoms with E-state index in [2.05, 4.69) is 32.2 Å². The quantitative estimate of drug-likeness (QED) is 0.582. The van der Waals surface area contributed by atoms with Crippen LogP contribution in [0, 0.1) is 11.3 Å². The van der Waals surface area contributed by atoms with E-state index in [0.29, 0.717) is 5.41 Å². The third kappa shape index (κ3) is 4.82. The Kier molecular flexibility index (Phi) is 5.90. The molecule has 2 atom stereocenters. The molecule has 3 N–H and O–H groups in total. The number of nitrogens with two attached hydrogens (primary N) is 1. The Labute approximate surface area is 131 Å². The Morgan fingerprint density at radius 3 is 2.67 bits per heavy atom. The summed E-state index contributed by atoms with van der Waals surface area (Å²) in [5, 5.41) is 3.86. The Morgan fingerprint density at radius 1 is 1.24 bits per heavy atom. The summed E-state index contributed by atoms with van der Waals surface area (Å²) in [6, 6.07) is 0. The van der Waals surface area contributed by atoms with Crippen molar-refractivity contribution in [2.45, 2.75) is 84.1 Å². The van der Waals surface area contributed by atoms with Gasteiger partial charge in [0.1, 0.15) is 0 Å². The topological polar surface area (TPSA) is 38.0 Å². The van der Waals surface area contributed by atoms with Crippen LogP contribution in [-0.2, 0) is 0 Å². The van der Waals surface area contributed by atoms with Crippen LogP contribution >= 0.6 is 0 Å². The van der Waals surface area contributed by atoms with E-state index in [1.165, 1.54) is 57.8 Å². The molecule has 0 spiro atoms. The lowest BCUT2D eigenvalue weighted by Gasteiger charge is -2.34. The van der Waals surface area contributed by atoms with E-state index in [9.17, 15) is 0 Å². The standard InChI is InChI=1S/C19H36N2/c1-18(2,3)17-9-6-12-19(15-20,13-10-17)21-14-11-16-7-4-5-8-16/h7,17,21H,4-6,8-15,20H2,1-3H3. The molecule has 2 aliphatic rings. The molecule has 1 saturated carbocycles. The molecule has 0 saturated heterocycles. The molecule has 0 aromatic heterocycles. The molecule has 2 aliphatic carbocycles. The van der Waals surface area contributed by atoms with Crippen molar-refractivity contribution >= 4 is 0 Å².